The Morgan fingerprint density at radius 3 is 2.24 bits per heavy atom. The van der Waals surface area contributed by atoms with Gasteiger partial charge in [0.25, 0.3) is 0 Å². The van der Waals surface area contributed by atoms with Crippen molar-refractivity contribution in [3.63, 3.8) is 0 Å². The predicted molar refractivity (Wildman–Crippen MR) is 63.6 cm³/mol. The molecule has 17 heavy (non-hydrogen) atoms. The van der Waals surface area contributed by atoms with Crippen LogP contribution in [0.15, 0.2) is 0 Å². The number of amides is 1. The van der Waals surface area contributed by atoms with E-state index in [2.05, 4.69) is 10.6 Å². The molecule has 6 heteroatoms. The number of aliphatic hydroxyl groups excluding tert-OH is 1. The largest absolute Gasteiger partial charge is 0.481 e. The maximum Gasteiger partial charge on any atom is 0.306 e. The number of rotatable bonds is 6. The van der Waals surface area contributed by atoms with Crippen LogP contribution in [0.5, 0.6) is 0 Å². The van der Waals surface area contributed by atoms with Crippen LogP contribution in [0.4, 0.5) is 0 Å². The Bertz CT molecular complexity index is 273. The molecule has 0 aliphatic rings. The first kappa shape index (κ1) is 15.9. The zero-order valence-electron chi connectivity index (χ0n) is 10.8. The van der Waals surface area contributed by atoms with Crippen molar-refractivity contribution in [2.45, 2.75) is 51.8 Å². The van der Waals surface area contributed by atoms with Gasteiger partial charge in [0.05, 0.1) is 18.6 Å². The van der Waals surface area contributed by atoms with Crippen molar-refractivity contribution in [1.29, 1.82) is 0 Å². The lowest BCUT2D eigenvalue weighted by Crippen LogP contribution is -2.50. The molecule has 2 atom stereocenters. The van der Waals surface area contributed by atoms with Crippen molar-refractivity contribution in [2.75, 3.05) is 6.54 Å². The number of carboxylic acids is 1. The van der Waals surface area contributed by atoms with Crippen LogP contribution in [0.2, 0.25) is 0 Å². The van der Waals surface area contributed by atoms with Crippen LogP contribution in [0.1, 0.15) is 34.1 Å². The lowest BCUT2D eigenvalue weighted by atomic mass is 10.1. The molecule has 0 spiro atoms. The molecule has 0 bridgehead atoms. The Balaban J connectivity index is 3.97. The van der Waals surface area contributed by atoms with E-state index >= 15 is 0 Å². The minimum absolute atomic E-state index is 0.0744. The molecule has 4 N–H and O–H groups in total. The smallest absolute Gasteiger partial charge is 0.306 e. The minimum atomic E-state index is -1.06. The first-order chi connectivity index (χ1) is 7.61. The molecule has 2 unspecified atom stereocenters. The van der Waals surface area contributed by atoms with Crippen LogP contribution in [0.25, 0.3) is 0 Å². The van der Waals surface area contributed by atoms with Crippen molar-refractivity contribution in [1.82, 2.24) is 10.6 Å². The molecule has 0 saturated heterocycles. The standard InChI is InChI=1S/C11H22N2O4/c1-7(10(17)13-11(2,3)4)12-6-8(14)5-9(15)16/h7-8,12,14H,5-6H2,1-4H3,(H,13,17)(H,15,16). The van der Waals surface area contributed by atoms with E-state index in [1.807, 2.05) is 20.8 Å². The van der Waals surface area contributed by atoms with Crippen molar-refractivity contribution < 1.29 is 19.8 Å². The molecular formula is C11H22N2O4. The summed E-state index contributed by atoms with van der Waals surface area (Å²) in [5.41, 5.74) is -0.313. The summed E-state index contributed by atoms with van der Waals surface area (Å²) in [6.45, 7) is 7.35. The van der Waals surface area contributed by atoms with Crippen molar-refractivity contribution in [2.24, 2.45) is 0 Å². The Kier molecular flexibility index (Phi) is 6.12. The van der Waals surface area contributed by atoms with Crippen molar-refractivity contribution in [3.05, 3.63) is 0 Å². The SMILES string of the molecule is CC(NCC(O)CC(=O)O)C(=O)NC(C)(C)C. The summed E-state index contributed by atoms with van der Waals surface area (Å²) in [5.74, 6) is -1.24. The number of carboxylic acid groups (broad SMARTS) is 1. The molecule has 6 nitrogen and oxygen atoms in total. The Morgan fingerprint density at radius 2 is 1.82 bits per heavy atom. The lowest BCUT2D eigenvalue weighted by Gasteiger charge is -2.24. The molecule has 0 aromatic carbocycles. The lowest BCUT2D eigenvalue weighted by molar-refractivity contribution is -0.139. The second-order valence-electron chi connectivity index (χ2n) is 5.12. The van der Waals surface area contributed by atoms with Crippen molar-refractivity contribution in [3.8, 4) is 0 Å². The van der Waals surface area contributed by atoms with Gasteiger partial charge in [0, 0.05) is 12.1 Å². The van der Waals surface area contributed by atoms with E-state index < -0.39 is 18.1 Å². The summed E-state index contributed by atoms with van der Waals surface area (Å²) in [7, 11) is 0. The van der Waals surface area contributed by atoms with E-state index in [1.54, 1.807) is 6.92 Å². The summed E-state index contributed by atoms with van der Waals surface area (Å²) in [5, 5.41) is 23.3. The van der Waals surface area contributed by atoms with Crippen LogP contribution in [0, 0.1) is 0 Å². The van der Waals surface area contributed by atoms with Crippen molar-refractivity contribution >= 4 is 11.9 Å². The number of hydrogen-bond donors (Lipinski definition) is 4. The topological polar surface area (TPSA) is 98.7 Å². The maximum absolute atomic E-state index is 11.6. The zero-order chi connectivity index (χ0) is 13.6. The van der Waals surface area contributed by atoms with Crippen LogP contribution < -0.4 is 10.6 Å². The summed E-state index contributed by atoms with van der Waals surface area (Å²) >= 11 is 0. The average Bonchev–Trinajstić information content (AvgIpc) is 2.10. The quantitative estimate of drug-likeness (QED) is 0.516. The Labute approximate surface area is 101 Å². The van der Waals surface area contributed by atoms with Gasteiger partial charge in [-0.3, -0.25) is 9.59 Å². The highest BCUT2D eigenvalue weighted by atomic mass is 16.4. The number of aliphatic hydroxyl groups is 1. The first-order valence-corrected chi connectivity index (χ1v) is 5.57. The monoisotopic (exact) mass is 246 g/mol. The zero-order valence-corrected chi connectivity index (χ0v) is 10.8. The number of carbonyl (C=O) groups excluding carboxylic acids is 1. The van der Waals surface area contributed by atoms with Gasteiger partial charge >= 0.3 is 5.97 Å². The van der Waals surface area contributed by atoms with E-state index in [4.69, 9.17) is 5.11 Å². The van der Waals surface area contributed by atoms with Gasteiger partial charge in [0.1, 0.15) is 0 Å². The summed E-state index contributed by atoms with van der Waals surface area (Å²) in [6.07, 6.45) is -1.32. The molecule has 0 heterocycles. The number of aliphatic carboxylic acids is 1. The average molecular weight is 246 g/mol. The van der Waals surface area contributed by atoms with E-state index in [0.29, 0.717) is 0 Å². The molecule has 100 valence electrons. The van der Waals surface area contributed by atoms with E-state index in [9.17, 15) is 14.7 Å². The van der Waals surface area contributed by atoms with Gasteiger partial charge in [-0.2, -0.15) is 0 Å². The molecule has 0 aliphatic heterocycles. The molecule has 0 saturated carbocycles. The van der Waals surface area contributed by atoms with E-state index in [1.165, 1.54) is 0 Å². The number of nitrogens with one attached hydrogen (secondary N) is 2. The van der Waals surface area contributed by atoms with Crippen LogP contribution in [-0.2, 0) is 9.59 Å². The van der Waals surface area contributed by atoms with E-state index in [-0.39, 0.29) is 24.4 Å². The molecule has 0 aliphatic carbocycles. The summed E-state index contributed by atoms with van der Waals surface area (Å²) in [4.78, 5) is 21.9. The fourth-order valence-corrected chi connectivity index (χ4v) is 1.16. The molecule has 0 aromatic heterocycles. The van der Waals surface area contributed by atoms with E-state index in [0.717, 1.165) is 0 Å². The van der Waals surface area contributed by atoms with Gasteiger partial charge < -0.3 is 20.8 Å². The third kappa shape index (κ3) is 8.65. The van der Waals surface area contributed by atoms with Crippen LogP contribution in [-0.4, -0.2) is 46.3 Å². The van der Waals surface area contributed by atoms with Gasteiger partial charge in [0.15, 0.2) is 0 Å². The van der Waals surface area contributed by atoms with Gasteiger partial charge in [-0.15, -0.1) is 0 Å². The van der Waals surface area contributed by atoms with Gasteiger partial charge in [-0.1, -0.05) is 0 Å². The molecule has 0 aromatic rings. The fraction of sp³-hybridized carbons (Fsp3) is 0.818. The molecule has 0 rings (SSSR count). The van der Waals surface area contributed by atoms with Crippen LogP contribution in [0.3, 0.4) is 0 Å². The third-order valence-corrected chi connectivity index (χ3v) is 1.96. The molecule has 0 radical (unpaired) electrons. The second-order valence-corrected chi connectivity index (χ2v) is 5.12. The Hall–Kier alpha value is -1.14. The molecule has 1 amide bonds. The van der Waals surface area contributed by atoms with Gasteiger partial charge in [-0.25, -0.2) is 0 Å². The maximum atomic E-state index is 11.6. The summed E-state index contributed by atoms with van der Waals surface area (Å²) < 4.78 is 0. The summed E-state index contributed by atoms with van der Waals surface area (Å²) in [6, 6.07) is -0.474. The second kappa shape index (κ2) is 6.56. The highest BCUT2D eigenvalue weighted by Crippen LogP contribution is 1.99. The predicted octanol–water partition coefficient (Wildman–Crippen LogP) is -0.285. The highest BCUT2D eigenvalue weighted by molar-refractivity contribution is 5.81. The normalized spacial score (nSPS) is 15.1. The van der Waals surface area contributed by atoms with Gasteiger partial charge in [-0.05, 0) is 27.7 Å². The fourth-order valence-electron chi connectivity index (χ4n) is 1.16. The number of carbonyl (C=O) groups is 2. The molecule has 0 fully saturated rings. The number of hydrogen-bond acceptors (Lipinski definition) is 4. The third-order valence-electron chi connectivity index (χ3n) is 1.96. The van der Waals surface area contributed by atoms with Gasteiger partial charge in [0.2, 0.25) is 5.91 Å². The molecular weight excluding hydrogens is 224 g/mol. The minimum Gasteiger partial charge on any atom is -0.481 e. The first-order valence-electron chi connectivity index (χ1n) is 5.57. The highest BCUT2D eigenvalue weighted by Gasteiger charge is 2.19. The Morgan fingerprint density at radius 1 is 1.29 bits per heavy atom. The van der Waals surface area contributed by atoms with Crippen LogP contribution >= 0.6 is 0 Å².